The lowest BCUT2D eigenvalue weighted by Gasteiger charge is -2.04. The normalized spacial score (nSPS) is 21.8. The third-order valence-corrected chi connectivity index (χ3v) is 3.50. The van der Waals surface area contributed by atoms with Crippen LogP contribution in [0.15, 0.2) is 54.6 Å². The van der Waals surface area contributed by atoms with Gasteiger partial charge in [-0.1, -0.05) is 42.5 Å². The van der Waals surface area contributed by atoms with Crippen LogP contribution < -0.4 is 5.32 Å². The van der Waals surface area contributed by atoms with Gasteiger partial charge in [-0.05, 0) is 29.7 Å². The molecule has 1 nitrogen and oxygen atoms in total. The molecule has 1 saturated carbocycles. The first-order chi connectivity index (χ1) is 8.83. The highest BCUT2D eigenvalue weighted by Crippen LogP contribution is 2.40. The maximum Gasteiger partial charge on any atom is 0.123 e. The Balaban J connectivity index is 1.53. The fourth-order valence-electron chi connectivity index (χ4n) is 2.34. The van der Waals surface area contributed by atoms with Gasteiger partial charge < -0.3 is 5.32 Å². The summed E-state index contributed by atoms with van der Waals surface area (Å²) < 4.78 is 12.8. The van der Waals surface area contributed by atoms with Gasteiger partial charge in [-0.2, -0.15) is 0 Å². The summed E-state index contributed by atoms with van der Waals surface area (Å²) in [6.45, 7) is 0.814. The molecule has 18 heavy (non-hydrogen) atoms. The van der Waals surface area contributed by atoms with Crippen LogP contribution in [0.25, 0.3) is 0 Å². The fraction of sp³-hybridized carbons (Fsp3) is 0.250. The molecule has 2 aromatic carbocycles. The van der Waals surface area contributed by atoms with Gasteiger partial charge >= 0.3 is 0 Å². The number of benzene rings is 2. The Bertz CT molecular complexity index is 506. The van der Waals surface area contributed by atoms with Gasteiger partial charge in [0.25, 0.3) is 0 Å². The van der Waals surface area contributed by atoms with Crippen LogP contribution in [0.2, 0.25) is 0 Å². The molecule has 0 aliphatic heterocycles. The molecule has 0 bridgehead atoms. The van der Waals surface area contributed by atoms with Crippen LogP contribution in [0.5, 0.6) is 0 Å². The zero-order valence-corrected chi connectivity index (χ0v) is 10.1. The molecule has 1 aliphatic carbocycles. The molecule has 92 valence electrons. The van der Waals surface area contributed by atoms with Crippen molar-refractivity contribution in [1.29, 1.82) is 0 Å². The van der Waals surface area contributed by atoms with E-state index in [0.29, 0.717) is 12.0 Å². The van der Waals surface area contributed by atoms with Gasteiger partial charge in [0.1, 0.15) is 5.82 Å². The highest BCUT2D eigenvalue weighted by Gasteiger charge is 2.37. The minimum absolute atomic E-state index is 0.174. The van der Waals surface area contributed by atoms with E-state index in [1.165, 1.54) is 24.1 Å². The smallest absolute Gasteiger partial charge is 0.123 e. The Hall–Kier alpha value is -1.67. The van der Waals surface area contributed by atoms with Crippen molar-refractivity contribution >= 4 is 0 Å². The van der Waals surface area contributed by atoms with E-state index in [1.54, 1.807) is 0 Å². The second-order valence-corrected chi connectivity index (χ2v) is 4.87. The molecule has 1 unspecified atom stereocenters. The van der Waals surface area contributed by atoms with E-state index in [-0.39, 0.29) is 5.82 Å². The van der Waals surface area contributed by atoms with E-state index in [0.717, 1.165) is 12.1 Å². The molecule has 2 aromatic rings. The van der Waals surface area contributed by atoms with Gasteiger partial charge in [-0.3, -0.25) is 0 Å². The Morgan fingerprint density at radius 3 is 2.44 bits per heavy atom. The summed E-state index contributed by atoms with van der Waals surface area (Å²) in [6, 6.07) is 17.9. The number of halogens is 1. The first-order valence-electron chi connectivity index (χ1n) is 6.36. The van der Waals surface area contributed by atoms with Crippen molar-refractivity contribution in [3.05, 3.63) is 71.5 Å². The molecule has 0 aromatic heterocycles. The predicted octanol–water partition coefficient (Wildman–Crippen LogP) is 3.47. The highest BCUT2D eigenvalue weighted by molar-refractivity contribution is 5.28. The molecular weight excluding hydrogens is 225 g/mol. The molecule has 0 amide bonds. The third kappa shape index (κ3) is 2.59. The third-order valence-electron chi connectivity index (χ3n) is 3.50. The lowest BCUT2D eigenvalue weighted by molar-refractivity contribution is 0.624. The number of hydrogen-bond acceptors (Lipinski definition) is 1. The fourth-order valence-corrected chi connectivity index (χ4v) is 2.34. The summed E-state index contributed by atoms with van der Waals surface area (Å²) in [5, 5.41) is 3.52. The summed E-state index contributed by atoms with van der Waals surface area (Å²) in [4.78, 5) is 0. The number of rotatable bonds is 4. The van der Waals surface area contributed by atoms with Crippen molar-refractivity contribution in [1.82, 2.24) is 5.32 Å². The quantitative estimate of drug-likeness (QED) is 0.864. The topological polar surface area (TPSA) is 12.0 Å². The maximum atomic E-state index is 12.8. The molecular formula is C16H16FN. The standard InChI is InChI=1S/C16H16FN/c17-14-8-6-12(7-9-14)11-18-16-10-15(16)13-4-2-1-3-5-13/h1-9,15-16,18H,10-11H2/t15?,16-/m0/s1. The van der Waals surface area contributed by atoms with Crippen molar-refractivity contribution in [3.63, 3.8) is 0 Å². The van der Waals surface area contributed by atoms with Gasteiger partial charge in [0.05, 0.1) is 0 Å². The van der Waals surface area contributed by atoms with Gasteiger partial charge in [0.2, 0.25) is 0 Å². The Labute approximate surface area is 107 Å². The molecule has 2 heteroatoms. The van der Waals surface area contributed by atoms with Gasteiger partial charge in [-0.15, -0.1) is 0 Å². The van der Waals surface area contributed by atoms with Crippen LogP contribution in [0.3, 0.4) is 0 Å². The Morgan fingerprint density at radius 1 is 1.00 bits per heavy atom. The van der Waals surface area contributed by atoms with E-state index < -0.39 is 0 Å². The molecule has 0 spiro atoms. The summed E-state index contributed by atoms with van der Waals surface area (Å²) in [5.74, 6) is 0.471. The molecule has 0 heterocycles. The highest BCUT2D eigenvalue weighted by atomic mass is 19.1. The first-order valence-corrected chi connectivity index (χ1v) is 6.36. The van der Waals surface area contributed by atoms with E-state index in [9.17, 15) is 4.39 Å². The van der Waals surface area contributed by atoms with Gasteiger partial charge in [0, 0.05) is 18.5 Å². The van der Waals surface area contributed by atoms with Crippen LogP contribution in [-0.2, 0) is 6.54 Å². The minimum Gasteiger partial charge on any atom is -0.309 e. The number of hydrogen-bond donors (Lipinski definition) is 1. The van der Waals surface area contributed by atoms with Crippen molar-refractivity contribution < 1.29 is 4.39 Å². The molecule has 1 aliphatic rings. The Morgan fingerprint density at radius 2 is 1.72 bits per heavy atom. The maximum absolute atomic E-state index is 12.8. The second-order valence-electron chi connectivity index (χ2n) is 4.87. The molecule has 0 radical (unpaired) electrons. The summed E-state index contributed by atoms with van der Waals surface area (Å²) in [7, 11) is 0. The van der Waals surface area contributed by atoms with Crippen LogP contribution >= 0.6 is 0 Å². The molecule has 2 atom stereocenters. The van der Waals surface area contributed by atoms with E-state index in [1.807, 2.05) is 18.2 Å². The first kappa shape index (κ1) is 11.4. The minimum atomic E-state index is -0.174. The SMILES string of the molecule is Fc1ccc(CN[C@H]2CC2c2ccccc2)cc1. The molecule has 3 rings (SSSR count). The van der Waals surface area contributed by atoms with Gasteiger partial charge in [-0.25, -0.2) is 4.39 Å². The average Bonchev–Trinajstić information content (AvgIpc) is 3.19. The lowest BCUT2D eigenvalue weighted by atomic mass is 10.1. The van der Waals surface area contributed by atoms with E-state index in [2.05, 4.69) is 29.6 Å². The lowest BCUT2D eigenvalue weighted by Crippen LogP contribution is -2.17. The Kier molecular flexibility index (Phi) is 3.11. The average molecular weight is 241 g/mol. The zero-order valence-electron chi connectivity index (χ0n) is 10.1. The van der Waals surface area contributed by atoms with Crippen LogP contribution in [0.1, 0.15) is 23.5 Å². The van der Waals surface area contributed by atoms with E-state index in [4.69, 9.17) is 0 Å². The molecule has 1 fully saturated rings. The summed E-state index contributed by atoms with van der Waals surface area (Å²) >= 11 is 0. The summed E-state index contributed by atoms with van der Waals surface area (Å²) in [6.07, 6.45) is 1.20. The largest absolute Gasteiger partial charge is 0.309 e. The predicted molar refractivity (Wildman–Crippen MR) is 70.8 cm³/mol. The number of nitrogens with one attached hydrogen (secondary N) is 1. The van der Waals surface area contributed by atoms with E-state index >= 15 is 0 Å². The van der Waals surface area contributed by atoms with Crippen LogP contribution in [0.4, 0.5) is 4.39 Å². The van der Waals surface area contributed by atoms with Crippen LogP contribution in [0, 0.1) is 5.82 Å². The van der Waals surface area contributed by atoms with Crippen LogP contribution in [-0.4, -0.2) is 6.04 Å². The zero-order chi connectivity index (χ0) is 12.4. The van der Waals surface area contributed by atoms with Crippen molar-refractivity contribution in [3.8, 4) is 0 Å². The monoisotopic (exact) mass is 241 g/mol. The van der Waals surface area contributed by atoms with Crippen molar-refractivity contribution in [2.75, 3.05) is 0 Å². The van der Waals surface area contributed by atoms with Gasteiger partial charge in [0.15, 0.2) is 0 Å². The van der Waals surface area contributed by atoms with Crippen molar-refractivity contribution in [2.24, 2.45) is 0 Å². The second kappa shape index (κ2) is 4.91. The summed E-state index contributed by atoms with van der Waals surface area (Å²) in [5.41, 5.74) is 2.55. The van der Waals surface area contributed by atoms with Crippen molar-refractivity contribution in [2.45, 2.75) is 24.9 Å². The molecule has 1 N–H and O–H groups in total. The molecule has 0 saturated heterocycles.